The maximum absolute atomic E-state index is 10.9. The molecule has 3 heteroatoms. The van der Waals surface area contributed by atoms with Crippen LogP contribution in [0.1, 0.15) is 44.0 Å². The van der Waals surface area contributed by atoms with E-state index in [1.807, 2.05) is 35.9 Å². The molecular weight excluding hydrogens is 284 g/mol. The largest absolute Gasteiger partial charge is 0.373 e. The summed E-state index contributed by atoms with van der Waals surface area (Å²) in [7, 11) is 1.89. The minimum atomic E-state index is -1.07. The fraction of sp³-hybridized carbons (Fsp3) is 0.350. The number of nitrogens with zero attached hydrogens (tertiary/aromatic N) is 2. The quantitative estimate of drug-likeness (QED) is 0.820. The second-order valence-electron chi connectivity index (χ2n) is 6.83. The zero-order valence-corrected chi connectivity index (χ0v) is 13.9. The molecule has 0 saturated heterocycles. The molecule has 1 unspecified atom stereocenters. The lowest BCUT2D eigenvalue weighted by Gasteiger charge is -2.21. The molecular formula is C20H20N2O. The molecule has 0 fully saturated rings. The monoisotopic (exact) mass is 304 g/mol. The van der Waals surface area contributed by atoms with Crippen LogP contribution < -0.4 is 0 Å². The molecule has 23 heavy (non-hydrogen) atoms. The normalized spacial score (nSPS) is 21.2. The summed E-state index contributed by atoms with van der Waals surface area (Å²) in [4.78, 5) is 0. The lowest BCUT2D eigenvalue weighted by Crippen LogP contribution is -2.23. The van der Waals surface area contributed by atoms with E-state index in [2.05, 4.69) is 37.8 Å². The van der Waals surface area contributed by atoms with E-state index in [0.29, 0.717) is 12.1 Å². The number of aliphatic hydroxyl groups is 1. The van der Waals surface area contributed by atoms with Crippen molar-refractivity contribution in [3.63, 3.8) is 0 Å². The van der Waals surface area contributed by atoms with Gasteiger partial charge in [0.15, 0.2) is 5.60 Å². The second-order valence-corrected chi connectivity index (χ2v) is 6.83. The van der Waals surface area contributed by atoms with Crippen molar-refractivity contribution in [1.29, 1.82) is 5.26 Å². The molecule has 1 aromatic carbocycles. The first-order valence-electron chi connectivity index (χ1n) is 7.70. The summed E-state index contributed by atoms with van der Waals surface area (Å²) in [6, 6.07) is 12.1. The van der Waals surface area contributed by atoms with Crippen molar-refractivity contribution in [3.8, 4) is 29.2 Å². The number of nitriles is 1. The first kappa shape index (κ1) is 15.4. The van der Waals surface area contributed by atoms with Gasteiger partial charge in [-0.05, 0) is 47.2 Å². The van der Waals surface area contributed by atoms with Gasteiger partial charge in [-0.3, -0.25) is 0 Å². The maximum atomic E-state index is 10.9. The summed E-state index contributed by atoms with van der Waals surface area (Å²) in [6.07, 6.45) is 0.593. The van der Waals surface area contributed by atoms with Gasteiger partial charge < -0.3 is 9.67 Å². The van der Waals surface area contributed by atoms with Crippen LogP contribution in [0.15, 0.2) is 30.3 Å². The van der Waals surface area contributed by atoms with Crippen molar-refractivity contribution in [3.05, 3.63) is 47.2 Å². The summed E-state index contributed by atoms with van der Waals surface area (Å²) in [5.74, 6) is 5.83. The minimum Gasteiger partial charge on any atom is -0.373 e. The zero-order chi connectivity index (χ0) is 16.8. The third-order valence-electron chi connectivity index (χ3n) is 4.76. The molecule has 3 rings (SSSR count). The van der Waals surface area contributed by atoms with Gasteiger partial charge in [-0.1, -0.05) is 31.9 Å². The van der Waals surface area contributed by atoms with E-state index in [-0.39, 0.29) is 5.41 Å². The fourth-order valence-corrected chi connectivity index (χ4v) is 3.69. The highest BCUT2D eigenvalue weighted by atomic mass is 16.3. The molecule has 1 heterocycles. The predicted molar refractivity (Wildman–Crippen MR) is 90.6 cm³/mol. The first-order valence-corrected chi connectivity index (χ1v) is 7.70. The number of hydrogen-bond donors (Lipinski definition) is 1. The van der Waals surface area contributed by atoms with Gasteiger partial charge in [-0.25, -0.2) is 0 Å². The average molecular weight is 304 g/mol. The highest BCUT2D eigenvalue weighted by Gasteiger charge is 2.45. The lowest BCUT2D eigenvalue weighted by molar-refractivity contribution is 0.0869. The molecule has 0 spiro atoms. The van der Waals surface area contributed by atoms with Gasteiger partial charge in [-0.2, -0.15) is 5.26 Å². The van der Waals surface area contributed by atoms with Crippen molar-refractivity contribution in [1.82, 2.24) is 4.57 Å². The molecule has 116 valence electrons. The predicted octanol–water partition coefficient (Wildman–Crippen LogP) is 3.46. The third-order valence-corrected chi connectivity index (χ3v) is 4.76. The van der Waals surface area contributed by atoms with Crippen LogP contribution in [-0.4, -0.2) is 9.67 Å². The highest BCUT2D eigenvalue weighted by molar-refractivity contribution is 5.66. The number of fused-ring (bicyclic) bond motifs is 1. The molecule has 0 bridgehead atoms. The molecule has 0 saturated carbocycles. The Bertz CT molecular complexity index is 887. The summed E-state index contributed by atoms with van der Waals surface area (Å²) in [6.45, 7) is 6.03. The lowest BCUT2D eigenvalue weighted by atomic mass is 9.85. The minimum absolute atomic E-state index is 0.146. The topological polar surface area (TPSA) is 48.9 Å². The highest BCUT2D eigenvalue weighted by Crippen LogP contribution is 2.49. The molecule has 1 aliphatic rings. The van der Waals surface area contributed by atoms with Crippen LogP contribution in [0, 0.1) is 23.2 Å². The molecule has 1 N–H and O–H groups in total. The van der Waals surface area contributed by atoms with Crippen LogP contribution in [0.2, 0.25) is 0 Å². The molecule has 0 radical (unpaired) electrons. The molecule has 2 aromatic rings. The van der Waals surface area contributed by atoms with Crippen LogP contribution >= 0.6 is 0 Å². The summed E-state index contributed by atoms with van der Waals surface area (Å²) >= 11 is 0. The Morgan fingerprint density at radius 3 is 2.52 bits per heavy atom. The molecule has 3 nitrogen and oxygen atoms in total. The maximum Gasteiger partial charge on any atom is 0.152 e. The van der Waals surface area contributed by atoms with Gasteiger partial charge in [-0.15, -0.1) is 5.92 Å². The third kappa shape index (κ3) is 2.25. The Kier molecular flexibility index (Phi) is 3.36. The van der Waals surface area contributed by atoms with E-state index in [0.717, 1.165) is 22.4 Å². The Morgan fingerprint density at radius 2 is 1.91 bits per heavy atom. The number of hydrogen-bond acceptors (Lipinski definition) is 2. The van der Waals surface area contributed by atoms with E-state index in [1.54, 1.807) is 6.92 Å². The van der Waals surface area contributed by atoms with Crippen LogP contribution in [-0.2, 0) is 18.1 Å². The van der Waals surface area contributed by atoms with E-state index in [4.69, 9.17) is 5.26 Å². The Labute approximate surface area is 137 Å². The van der Waals surface area contributed by atoms with Crippen molar-refractivity contribution in [2.75, 3.05) is 0 Å². The van der Waals surface area contributed by atoms with Gasteiger partial charge in [0.25, 0.3) is 0 Å². The Balaban J connectivity index is 2.18. The number of rotatable bonds is 1. The van der Waals surface area contributed by atoms with E-state index < -0.39 is 5.60 Å². The number of benzene rings is 1. The molecule has 0 amide bonds. The van der Waals surface area contributed by atoms with Crippen molar-refractivity contribution >= 4 is 0 Å². The van der Waals surface area contributed by atoms with Gasteiger partial charge >= 0.3 is 0 Å². The van der Waals surface area contributed by atoms with Crippen molar-refractivity contribution in [2.24, 2.45) is 7.05 Å². The van der Waals surface area contributed by atoms with E-state index in [1.165, 1.54) is 0 Å². The smallest absolute Gasteiger partial charge is 0.152 e. The molecule has 1 atom stereocenters. The van der Waals surface area contributed by atoms with Crippen LogP contribution in [0.4, 0.5) is 0 Å². The zero-order valence-electron chi connectivity index (χ0n) is 13.9. The van der Waals surface area contributed by atoms with Gasteiger partial charge in [0, 0.05) is 19.2 Å². The van der Waals surface area contributed by atoms with Crippen molar-refractivity contribution in [2.45, 2.75) is 38.2 Å². The fourth-order valence-electron chi connectivity index (χ4n) is 3.69. The van der Waals surface area contributed by atoms with Crippen LogP contribution in [0.25, 0.3) is 11.3 Å². The first-order chi connectivity index (χ1) is 10.8. The summed E-state index contributed by atoms with van der Waals surface area (Å²) in [5, 5.41) is 20.0. The van der Waals surface area contributed by atoms with Crippen LogP contribution in [0.5, 0.6) is 0 Å². The van der Waals surface area contributed by atoms with Gasteiger partial charge in [0.1, 0.15) is 11.8 Å². The molecule has 0 aliphatic heterocycles. The standard InChI is InChI=1S/C20H20N2O/c1-5-10-20(23)13-19(2,3)17-11-14(6-8-16(17)20)18-9-7-15(12-21)22(18)4/h6-9,11,23H,13H2,1-4H3. The SMILES string of the molecule is CC#CC1(O)CC(C)(C)c2cc(-c3ccc(C#N)n3C)ccc21. The Morgan fingerprint density at radius 1 is 1.17 bits per heavy atom. The van der Waals surface area contributed by atoms with Gasteiger partial charge in [0.05, 0.1) is 0 Å². The van der Waals surface area contributed by atoms with Crippen molar-refractivity contribution < 1.29 is 5.11 Å². The summed E-state index contributed by atoms with van der Waals surface area (Å²) < 4.78 is 1.89. The Hall–Kier alpha value is -2.49. The van der Waals surface area contributed by atoms with Crippen LogP contribution in [0.3, 0.4) is 0 Å². The summed E-state index contributed by atoms with van der Waals surface area (Å²) in [5.41, 5.74) is 3.49. The molecule has 1 aromatic heterocycles. The van der Waals surface area contributed by atoms with Gasteiger partial charge in [0.2, 0.25) is 0 Å². The molecule has 1 aliphatic carbocycles. The van der Waals surface area contributed by atoms with E-state index in [9.17, 15) is 5.11 Å². The average Bonchev–Trinajstić information content (AvgIpc) is 2.95. The second kappa shape index (κ2) is 5.01. The number of aromatic nitrogens is 1. The van der Waals surface area contributed by atoms with E-state index >= 15 is 0 Å².